The number of ether oxygens (including phenoxy) is 2. The van der Waals surface area contributed by atoms with E-state index >= 15 is 0 Å². The van der Waals surface area contributed by atoms with Crippen molar-refractivity contribution in [3.8, 4) is 5.75 Å². The average molecular weight is 504 g/mol. The van der Waals surface area contributed by atoms with E-state index in [1.807, 2.05) is 0 Å². The molecule has 0 radical (unpaired) electrons. The third-order valence-electron chi connectivity index (χ3n) is 7.81. The molecule has 0 saturated carbocycles. The number of rotatable bonds is 5. The SMILES string of the molecule is [C-]#[N+]c1ccc(N2C(=O)[C@@H]3[C@H](C2=O)C2(C)OC3(CCOc3ccc(Cl)cc3)C[C@H]2O)c2cccnc12. The number of anilines is 1. The quantitative estimate of drug-likeness (QED) is 0.412. The van der Waals surface area contributed by atoms with Gasteiger partial charge in [0.25, 0.3) is 0 Å². The highest BCUT2D eigenvalue weighted by molar-refractivity contribution is 6.30. The van der Waals surface area contributed by atoms with Crippen LogP contribution >= 0.6 is 11.6 Å². The molecule has 3 fully saturated rings. The zero-order valence-electron chi connectivity index (χ0n) is 19.3. The van der Waals surface area contributed by atoms with Gasteiger partial charge in [-0.05, 0) is 43.3 Å². The van der Waals surface area contributed by atoms with Crippen LogP contribution in [0.3, 0.4) is 0 Å². The van der Waals surface area contributed by atoms with Gasteiger partial charge in [0.2, 0.25) is 17.5 Å². The monoisotopic (exact) mass is 503 g/mol. The number of pyridine rings is 1. The van der Waals surface area contributed by atoms with E-state index in [2.05, 4.69) is 9.83 Å². The standard InChI is InChI=1S/C27H22ClN3O5/c1-26-20(32)14-27(36-26,11-13-35-16-7-5-15(28)6-8-16)22-21(26)24(33)31(25(22)34)19-10-9-18(29-2)23-17(19)4-3-12-30-23/h3-10,12,20-22,32H,11,13-14H2,1H3/t20-,21-,22+,26?,27?/m1/s1. The highest BCUT2D eigenvalue weighted by Gasteiger charge is 2.77. The molecule has 3 saturated heterocycles. The average Bonchev–Trinajstić information content (AvgIpc) is 3.41. The zero-order chi connectivity index (χ0) is 25.2. The van der Waals surface area contributed by atoms with Crippen LogP contribution in [0.5, 0.6) is 5.75 Å². The van der Waals surface area contributed by atoms with Gasteiger partial charge in [-0.15, -0.1) is 0 Å². The highest BCUT2D eigenvalue weighted by atomic mass is 35.5. The lowest BCUT2D eigenvalue weighted by molar-refractivity contribution is -0.134. The minimum absolute atomic E-state index is 0.237. The topological polar surface area (TPSA) is 93.3 Å². The third kappa shape index (κ3) is 3.10. The molecule has 6 rings (SSSR count). The summed E-state index contributed by atoms with van der Waals surface area (Å²) in [5.41, 5.74) is -1.05. The van der Waals surface area contributed by atoms with Crippen molar-refractivity contribution in [1.29, 1.82) is 0 Å². The van der Waals surface area contributed by atoms with Crippen LogP contribution in [0.25, 0.3) is 15.7 Å². The van der Waals surface area contributed by atoms with E-state index in [0.717, 1.165) is 0 Å². The van der Waals surface area contributed by atoms with Crippen molar-refractivity contribution >= 4 is 45.7 Å². The van der Waals surface area contributed by atoms with E-state index in [0.29, 0.717) is 39.5 Å². The number of carbonyl (C=O) groups is 2. The van der Waals surface area contributed by atoms with Gasteiger partial charge < -0.3 is 14.6 Å². The molecule has 9 heteroatoms. The molecule has 8 nitrogen and oxygen atoms in total. The summed E-state index contributed by atoms with van der Waals surface area (Å²) in [7, 11) is 0. The number of hydrogen-bond donors (Lipinski definition) is 1. The summed E-state index contributed by atoms with van der Waals surface area (Å²) in [5.74, 6) is -1.72. The number of aliphatic hydroxyl groups excluding tert-OH is 1. The van der Waals surface area contributed by atoms with E-state index < -0.39 is 35.0 Å². The van der Waals surface area contributed by atoms with Crippen molar-refractivity contribution in [3.05, 3.63) is 71.2 Å². The van der Waals surface area contributed by atoms with E-state index in [1.54, 1.807) is 61.7 Å². The lowest BCUT2D eigenvalue weighted by Gasteiger charge is -2.33. The van der Waals surface area contributed by atoms with E-state index in [-0.39, 0.29) is 18.9 Å². The molecule has 4 heterocycles. The Morgan fingerprint density at radius 3 is 2.69 bits per heavy atom. The molecule has 36 heavy (non-hydrogen) atoms. The first-order valence-corrected chi connectivity index (χ1v) is 12.1. The first kappa shape index (κ1) is 22.9. The number of fused-ring (bicyclic) bond motifs is 6. The molecule has 3 aliphatic rings. The molecule has 0 aliphatic carbocycles. The number of halogens is 1. The van der Waals surface area contributed by atoms with Crippen LogP contribution in [0, 0.1) is 18.4 Å². The van der Waals surface area contributed by atoms with Gasteiger partial charge in [-0.3, -0.25) is 14.6 Å². The Hall–Kier alpha value is -3.51. The normalized spacial score (nSPS) is 30.6. The predicted molar refractivity (Wildman–Crippen MR) is 132 cm³/mol. The van der Waals surface area contributed by atoms with Crippen LogP contribution < -0.4 is 9.64 Å². The van der Waals surface area contributed by atoms with Crippen LogP contribution in [-0.2, 0) is 14.3 Å². The van der Waals surface area contributed by atoms with E-state index in [4.69, 9.17) is 27.6 Å². The number of aromatic nitrogens is 1. The second-order valence-electron chi connectivity index (χ2n) is 9.71. The van der Waals surface area contributed by atoms with Gasteiger partial charge in [0.05, 0.1) is 47.9 Å². The van der Waals surface area contributed by atoms with Crippen molar-refractivity contribution in [2.24, 2.45) is 11.8 Å². The number of aliphatic hydroxyl groups is 1. The molecule has 182 valence electrons. The summed E-state index contributed by atoms with van der Waals surface area (Å²) >= 11 is 5.94. The van der Waals surface area contributed by atoms with E-state index in [9.17, 15) is 14.7 Å². The minimum atomic E-state index is -1.18. The molecule has 0 spiro atoms. The van der Waals surface area contributed by atoms with Gasteiger partial charge in [-0.2, -0.15) is 0 Å². The largest absolute Gasteiger partial charge is 0.493 e. The Labute approximate surface area is 212 Å². The first-order chi connectivity index (χ1) is 17.3. The molecule has 1 aromatic heterocycles. The van der Waals surface area contributed by atoms with Crippen molar-refractivity contribution < 1.29 is 24.2 Å². The molecule has 2 amide bonds. The van der Waals surface area contributed by atoms with Crippen molar-refractivity contribution in [2.75, 3.05) is 11.5 Å². The van der Waals surface area contributed by atoms with Crippen LogP contribution in [0.4, 0.5) is 11.4 Å². The van der Waals surface area contributed by atoms with Crippen molar-refractivity contribution in [1.82, 2.24) is 4.98 Å². The maximum absolute atomic E-state index is 13.9. The van der Waals surface area contributed by atoms with E-state index in [1.165, 1.54) is 4.90 Å². The molecular weight excluding hydrogens is 482 g/mol. The Morgan fingerprint density at radius 2 is 1.94 bits per heavy atom. The Balaban J connectivity index is 1.35. The number of benzene rings is 2. The lowest BCUT2D eigenvalue weighted by atomic mass is 9.66. The van der Waals surface area contributed by atoms with Crippen molar-refractivity contribution in [2.45, 2.75) is 37.1 Å². The molecule has 2 unspecified atom stereocenters. The van der Waals surface area contributed by atoms with Gasteiger partial charge >= 0.3 is 0 Å². The molecule has 3 aliphatic heterocycles. The maximum Gasteiger partial charge on any atom is 0.240 e. The summed E-state index contributed by atoms with van der Waals surface area (Å²) in [6.45, 7) is 9.38. The molecule has 5 atom stereocenters. The summed E-state index contributed by atoms with van der Waals surface area (Å²) in [6, 6.07) is 13.6. The molecule has 2 bridgehead atoms. The Bertz CT molecular complexity index is 1450. The number of imide groups is 1. The fourth-order valence-electron chi connectivity index (χ4n) is 6.16. The van der Waals surface area contributed by atoms with Gasteiger partial charge in [0.15, 0.2) is 0 Å². The molecule has 3 aromatic rings. The summed E-state index contributed by atoms with van der Waals surface area (Å²) in [4.78, 5) is 36.7. The van der Waals surface area contributed by atoms with Crippen molar-refractivity contribution in [3.63, 3.8) is 0 Å². The number of carbonyl (C=O) groups excluding carboxylic acids is 2. The predicted octanol–water partition coefficient (Wildman–Crippen LogP) is 4.31. The highest BCUT2D eigenvalue weighted by Crippen LogP contribution is 2.62. The molecular formula is C27H22ClN3O5. The molecule has 2 aromatic carbocycles. The van der Waals surface area contributed by atoms with Crippen LogP contribution in [-0.4, -0.2) is 45.8 Å². The first-order valence-electron chi connectivity index (χ1n) is 11.7. The summed E-state index contributed by atoms with van der Waals surface area (Å²) < 4.78 is 12.2. The summed E-state index contributed by atoms with van der Waals surface area (Å²) in [5, 5.41) is 12.1. The number of amides is 2. The van der Waals surface area contributed by atoms with Gasteiger partial charge in [0.1, 0.15) is 11.4 Å². The zero-order valence-corrected chi connectivity index (χ0v) is 20.1. The fraction of sp³-hybridized carbons (Fsp3) is 0.333. The van der Waals surface area contributed by atoms with Crippen LogP contribution in [0.1, 0.15) is 19.8 Å². The number of hydrogen-bond acceptors (Lipinski definition) is 6. The second kappa shape index (κ2) is 8.00. The van der Waals surface area contributed by atoms with Gasteiger partial charge in [-0.25, -0.2) is 9.74 Å². The fourth-order valence-corrected chi connectivity index (χ4v) is 6.29. The van der Waals surface area contributed by atoms with Crippen LogP contribution in [0.2, 0.25) is 5.02 Å². The van der Waals surface area contributed by atoms with Gasteiger partial charge in [0, 0.05) is 29.4 Å². The molecule has 1 N–H and O–H groups in total. The summed E-state index contributed by atoms with van der Waals surface area (Å²) in [6.07, 6.45) is 1.24. The second-order valence-corrected chi connectivity index (χ2v) is 10.1. The van der Waals surface area contributed by atoms with Crippen LogP contribution in [0.15, 0.2) is 54.7 Å². The maximum atomic E-state index is 13.9. The third-order valence-corrected chi connectivity index (χ3v) is 8.06. The minimum Gasteiger partial charge on any atom is -0.493 e. The Morgan fingerprint density at radius 1 is 1.19 bits per heavy atom. The lowest BCUT2D eigenvalue weighted by Crippen LogP contribution is -2.49. The smallest absolute Gasteiger partial charge is 0.240 e. The Kier molecular flexibility index (Phi) is 5.09. The number of nitrogens with zero attached hydrogens (tertiary/aromatic N) is 3. The van der Waals surface area contributed by atoms with Gasteiger partial charge in [-0.1, -0.05) is 23.7 Å².